The van der Waals surface area contributed by atoms with Crippen LogP contribution in [-0.4, -0.2) is 56.5 Å². The van der Waals surface area contributed by atoms with E-state index in [0.717, 1.165) is 0 Å². The molecule has 1 rings (SSSR count). The van der Waals surface area contributed by atoms with Crippen LogP contribution >= 0.6 is 12.4 Å². The van der Waals surface area contributed by atoms with Gasteiger partial charge in [-0.15, -0.1) is 12.4 Å². The zero-order chi connectivity index (χ0) is 13.8. The lowest BCUT2D eigenvalue weighted by Gasteiger charge is -2.16. The summed E-state index contributed by atoms with van der Waals surface area (Å²) in [7, 11) is -3.25. The Hall–Kier alpha value is -0.510. The molecule has 6 nitrogen and oxygen atoms in total. The van der Waals surface area contributed by atoms with Crippen LogP contribution in [0.25, 0.3) is 0 Å². The highest BCUT2D eigenvalue weighted by molar-refractivity contribution is 7.89. The van der Waals surface area contributed by atoms with Gasteiger partial charge in [0.05, 0.1) is 18.8 Å². The number of hydrogen-bond donors (Lipinski definition) is 2. The molecule has 0 bridgehead atoms. The number of hydrogen-bond acceptors (Lipinski definition) is 4. The second-order valence-corrected chi connectivity index (χ2v) is 6.24. The number of rotatable bonds is 6. The Morgan fingerprint density at radius 3 is 2.53 bits per heavy atom. The molecule has 1 saturated heterocycles. The van der Waals surface area contributed by atoms with Crippen LogP contribution in [0.3, 0.4) is 0 Å². The van der Waals surface area contributed by atoms with Crippen LogP contribution in [-0.2, 0) is 14.8 Å². The van der Waals surface area contributed by atoms with Crippen LogP contribution in [0.15, 0.2) is 0 Å². The third kappa shape index (κ3) is 5.98. The minimum atomic E-state index is -3.25. The third-order valence-electron chi connectivity index (χ3n) is 2.63. The van der Waals surface area contributed by atoms with E-state index in [2.05, 4.69) is 0 Å². The largest absolute Gasteiger partial charge is 0.350 e. The molecule has 0 unspecified atom stereocenters. The van der Waals surface area contributed by atoms with E-state index < -0.39 is 34.9 Å². The summed E-state index contributed by atoms with van der Waals surface area (Å²) in [4.78, 5) is 11.3. The van der Waals surface area contributed by atoms with Crippen LogP contribution in [0.5, 0.6) is 0 Å². The minimum Gasteiger partial charge on any atom is -0.350 e. The molecule has 0 radical (unpaired) electrons. The average molecular weight is 322 g/mol. The number of alkyl halides is 2. The number of carbonyl (C=O) groups is 1. The summed E-state index contributed by atoms with van der Waals surface area (Å²) in [6.07, 6.45) is 0.412. The SMILES string of the molecule is Cl.NCC(F)(F)CNC(=O)CCN1CCCS1(=O)=O. The number of carbonyl (C=O) groups excluding carboxylic acids is 1. The third-order valence-corrected chi connectivity index (χ3v) is 4.59. The molecule has 3 N–H and O–H groups in total. The summed E-state index contributed by atoms with van der Waals surface area (Å²) in [5, 5.41) is 2.03. The Morgan fingerprint density at radius 2 is 2.05 bits per heavy atom. The Morgan fingerprint density at radius 1 is 1.42 bits per heavy atom. The zero-order valence-corrected chi connectivity index (χ0v) is 11.9. The molecule has 114 valence electrons. The second-order valence-electron chi connectivity index (χ2n) is 4.16. The van der Waals surface area contributed by atoms with E-state index in [1.54, 1.807) is 0 Å². The smallest absolute Gasteiger partial charge is 0.277 e. The Labute approximate surface area is 117 Å². The van der Waals surface area contributed by atoms with Crippen LogP contribution in [0, 0.1) is 0 Å². The van der Waals surface area contributed by atoms with Crippen molar-refractivity contribution < 1.29 is 22.0 Å². The van der Waals surface area contributed by atoms with E-state index in [4.69, 9.17) is 5.73 Å². The van der Waals surface area contributed by atoms with E-state index in [0.29, 0.717) is 13.0 Å². The van der Waals surface area contributed by atoms with Crippen LogP contribution in [0.1, 0.15) is 12.8 Å². The van der Waals surface area contributed by atoms with Crippen molar-refractivity contribution in [3.63, 3.8) is 0 Å². The molecule has 0 atom stereocenters. The molecule has 1 amide bonds. The number of sulfonamides is 1. The minimum absolute atomic E-state index is 0. The van der Waals surface area contributed by atoms with Gasteiger partial charge in [0.2, 0.25) is 15.9 Å². The number of nitrogens with one attached hydrogen (secondary N) is 1. The average Bonchev–Trinajstić information content (AvgIpc) is 2.63. The topological polar surface area (TPSA) is 92.5 Å². The Bertz CT molecular complexity index is 406. The molecule has 1 aliphatic heterocycles. The molecule has 1 heterocycles. The fraction of sp³-hybridized carbons (Fsp3) is 0.889. The van der Waals surface area contributed by atoms with Gasteiger partial charge in [0.15, 0.2) is 0 Å². The Kier molecular flexibility index (Phi) is 7.12. The zero-order valence-electron chi connectivity index (χ0n) is 10.3. The maximum Gasteiger partial charge on any atom is 0.277 e. The Balaban J connectivity index is 0.00000324. The summed E-state index contributed by atoms with van der Waals surface area (Å²) < 4.78 is 49.5. The van der Waals surface area contributed by atoms with E-state index in [1.807, 2.05) is 5.32 Å². The first-order valence-electron chi connectivity index (χ1n) is 5.59. The second kappa shape index (κ2) is 7.32. The van der Waals surface area contributed by atoms with Gasteiger partial charge in [0.1, 0.15) is 0 Å². The van der Waals surface area contributed by atoms with Gasteiger partial charge in [-0.2, -0.15) is 0 Å². The summed E-state index contributed by atoms with van der Waals surface area (Å²) >= 11 is 0. The van der Waals surface area contributed by atoms with Crippen LogP contribution in [0.2, 0.25) is 0 Å². The summed E-state index contributed by atoms with van der Waals surface area (Å²) in [5.74, 6) is -3.65. The number of halogens is 3. The van der Waals surface area contributed by atoms with Gasteiger partial charge in [-0.3, -0.25) is 4.79 Å². The lowest BCUT2D eigenvalue weighted by molar-refractivity contribution is -0.123. The van der Waals surface area contributed by atoms with Gasteiger partial charge in [-0.05, 0) is 6.42 Å². The maximum absolute atomic E-state index is 12.7. The van der Waals surface area contributed by atoms with Crippen LogP contribution < -0.4 is 11.1 Å². The van der Waals surface area contributed by atoms with Crippen molar-refractivity contribution in [1.29, 1.82) is 0 Å². The first-order chi connectivity index (χ1) is 8.27. The highest BCUT2D eigenvalue weighted by Crippen LogP contribution is 2.13. The predicted molar refractivity (Wildman–Crippen MR) is 68.9 cm³/mol. The maximum atomic E-state index is 12.7. The molecule has 0 aromatic carbocycles. The van der Waals surface area contributed by atoms with Gasteiger partial charge >= 0.3 is 0 Å². The fourth-order valence-corrected chi connectivity index (χ4v) is 3.09. The normalized spacial score (nSPS) is 18.9. The van der Waals surface area contributed by atoms with Crippen molar-refractivity contribution in [3.8, 4) is 0 Å². The van der Waals surface area contributed by atoms with Crippen molar-refractivity contribution in [1.82, 2.24) is 9.62 Å². The first kappa shape index (κ1) is 18.5. The van der Waals surface area contributed by atoms with E-state index in [-0.39, 0.29) is 31.1 Å². The molecule has 0 spiro atoms. The molecule has 0 aliphatic carbocycles. The van der Waals surface area contributed by atoms with E-state index in [1.165, 1.54) is 4.31 Å². The number of amides is 1. The highest BCUT2D eigenvalue weighted by Gasteiger charge is 2.29. The van der Waals surface area contributed by atoms with Gasteiger partial charge < -0.3 is 11.1 Å². The summed E-state index contributed by atoms with van der Waals surface area (Å²) in [6.45, 7) is -1.25. The lowest BCUT2D eigenvalue weighted by atomic mass is 10.3. The van der Waals surface area contributed by atoms with Gasteiger partial charge in [0.25, 0.3) is 5.92 Å². The first-order valence-corrected chi connectivity index (χ1v) is 7.20. The van der Waals surface area contributed by atoms with Crippen LogP contribution in [0.4, 0.5) is 8.78 Å². The van der Waals surface area contributed by atoms with Crippen molar-refractivity contribution in [2.75, 3.05) is 31.9 Å². The van der Waals surface area contributed by atoms with Crippen molar-refractivity contribution in [3.05, 3.63) is 0 Å². The quantitative estimate of drug-likeness (QED) is 0.692. The van der Waals surface area contributed by atoms with Crippen molar-refractivity contribution in [2.24, 2.45) is 5.73 Å². The highest BCUT2D eigenvalue weighted by atomic mass is 35.5. The molecule has 0 saturated carbocycles. The molecule has 10 heteroatoms. The molecule has 0 aromatic rings. The van der Waals surface area contributed by atoms with Crippen molar-refractivity contribution in [2.45, 2.75) is 18.8 Å². The van der Waals surface area contributed by atoms with Gasteiger partial charge in [-0.1, -0.05) is 0 Å². The standard InChI is InChI=1S/C9H17F2N3O3S.ClH/c10-9(11,6-12)7-13-8(15)2-4-14-3-1-5-18(14,16)17;/h1-7,12H2,(H,13,15);1H. The number of nitrogens with zero attached hydrogens (tertiary/aromatic N) is 1. The van der Waals surface area contributed by atoms with Gasteiger partial charge in [-0.25, -0.2) is 21.5 Å². The summed E-state index contributed by atoms with van der Waals surface area (Å²) in [6, 6.07) is 0. The molecule has 1 aliphatic rings. The molecule has 0 aromatic heterocycles. The molecule has 1 fully saturated rings. The van der Waals surface area contributed by atoms with E-state index in [9.17, 15) is 22.0 Å². The summed E-state index contributed by atoms with van der Waals surface area (Å²) in [5.41, 5.74) is 4.81. The molecule has 19 heavy (non-hydrogen) atoms. The fourth-order valence-electron chi connectivity index (χ4n) is 1.56. The van der Waals surface area contributed by atoms with Crippen molar-refractivity contribution >= 4 is 28.3 Å². The predicted octanol–water partition coefficient (Wildman–Crippen LogP) is -0.456. The monoisotopic (exact) mass is 321 g/mol. The number of nitrogens with two attached hydrogens (primary N) is 1. The molecular weight excluding hydrogens is 304 g/mol. The lowest BCUT2D eigenvalue weighted by Crippen LogP contribution is -2.42. The molecular formula is C9H18ClF2N3O3S. The van der Waals surface area contributed by atoms with E-state index >= 15 is 0 Å². The van der Waals surface area contributed by atoms with Gasteiger partial charge in [0, 0.05) is 19.5 Å².